The van der Waals surface area contributed by atoms with Crippen molar-refractivity contribution in [3.05, 3.63) is 0 Å². The zero-order valence-corrected chi connectivity index (χ0v) is 9.16. The van der Waals surface area contributed by atoms with E-state index in [1.807, 2.05) is 27.7 Å². The maximum absolute atomic E-state index is 11.4. The van der Waals surface area contributed by atoms with Crippen molar-refractivity contribution in [2.45, 2.75) is 66.4 Å². The molecule has 0 fully saturated rings. The SMILES string of the molecule is C.C.CCC(C)(Cl)C(=O)OC(C)(C)C. The molecular formula is C11H25ClO2. The first-order valence-electron chi connectivity index (χ1n) is 4.11. The van der Waals surface area contributed by atoms with Crippen LogP contribution >= 0.6 is 11.6 Å². The van der Waals surface area contributed by atoms with Crippen molar-refractivity contribution < 1.29 is 9.53 Å². The number of ether oxygens (including phenoxy) is 1. The predicted molar refractivity (Wildman–Crippen MR) is 63.9 cm³/mol. The smallest absolute Gasteiger partial charge is 0.327 e. The van der Waals surface area contributed by atoms with Crippen LogP contribution in [-0.4, -0.2) is 16.4 Å². The Morgan fingerprint density at radius 3 is 1.79 bits per heavy atom. The van der Waals surface area contributed by atoms with Gasteiger partial charge in [-0.2, -0.15) is 0 Å². The van der Waals surface area contributed by atoms with Gasteiger partial charge in [0.2, 0.25) is 0 Å². The van der Waals surface area contributed by atoms with Crippen molar-refractivity contribution in [2.75, 3.05) is 0 Å². The maximum atomic E-state index is 11.4. The number of alkyl halides is 1. The summed E-state index contributed by atoms with van der Waals surface area (Å²) < 4.78 is 5.12. The molecule has 0 aromatic rings. The molecule has 0 radical (unpaired) electrons. The third-order valence-electron chi connectivity index (χ3n) is 1.49. The number of esters is 1. The van der Waals surface area contributed by atoms with Gasteiger partial charge < -0.3 is 4.74 Å². The van der Waals surface area contributed by atoms with Gasteiger partial charge in [0.25, 0.3) is 0 Å². The lowest BCUT2D eigenvalue weighted by Crippen LogP contribution is -2.36. The summed E-state index contributed by atoms with van der Waals surface area (Å²) in [5.41, 5.74) is -0.456. The van der Waals surface area contributed by atoms with Crippen LogP contribution in [0.4, 0.5) is 0 Å². The standard InChI is InChI=1S/C9H17ClO2.2CH4/c1-6-9(5,10)7(11)12-8(2,3)4;;/h6H2,1-5H3;2*1H4. The van der Waals surface area contributed by atoms with Crippen LogP contribution in [0.2, 0.25) is 0 Å². The number of hydrogen-bond acceptors (Lipinski definition) is 2. The lowest BCUT2D eigenvalue weighted by molar-refractivity contribution is -0.157. The molecule has 0 bridgehead atoms. The fourth-order valence-corrected chi connectivity index (χ4v) is 0.567. The van der Waals surface area contributed by atoms with Gasteiger partial charge in [-0.15, -0.1) is 11.6 Å². The van der Waals surface area contributed by atoms with Crippen LogP contribution in [0.15, 0.2) is 0 Å². The number of rotatable bonds is 2. The zero-order valence-electron chi connectivity index (χ0n) is 8.40. The third-order valence-corrected chi connectivity index (χ3v) is 1.91. The second-order valence-electron chi connectivity index (χ2n) is 4.05. The molecule has 0 amide bonds. The van der Waals surface area contributed by atoms with Gasteiger partial charge in [0, 0.05) is 0 Å². The molecular weight excluding hydrogens is 200 g/mol. The molecule has 1 atom stereocenters. The number of halogens is 1. The van der Waals surface area contributed by atoms with Crippen molar-refractivity contribution in [3.63, 3.8) is 0 Å². The second kappa shape index (κ2) is 6.28. The first-order chi connectivity index (χ1) is 5.19. The number of carbonyl (C=O) groups excluding carboxylic acids is 1. The van der Waals surface area contributed by atoms with Gasteiger partial charge >= 0.3 is 5.97 Å². The summed E-state index contributed by atoms with van der Waals surface area (Å²) in [4.78, 5) is 10.5. The Labute approximate surface area is 94.0 Å². The summed E-state index contributed by atoms with van der Waals surface area (Å²) >= 11 is 5.90. The Morgan fingerprint density at radius 1 is 1.21 bits per heavy atom. The zero-order chi connectivity index (χ0) is 9.99. The third kappa shape index (κ3) is 7.19. The largest absolute Gasteiger partial charge is 0.459 e. The van der Waals surface area contributed by atoms with E-state index in [1.54, 1.807) is 6.92 Å². The van der Waals surface area contributed by atoms with Crippen LogP contribution in [0.25, 0.3) is 0 Å². The molecule has 0 saturated carbocycles. The molecule has 0 aliphatic carbocycles. The van der Waals surface area contributed by atoms with E-state index in [1.165, 1.54) is 0 Å². The Morgan fingerprint density at radius 2 is 1.57 bits per heavy atom. The molecule has 0 aromatic heterocycles. The van der Waals surface area contributed by atoms with Gasteiger partial charge in [0.05, 0.1) is 0 Å². The van der Waals surface area contributed by atoms with Crippen molar-refractivity contribution >= 4 is 17.6 Å². The number of carbonyl (C=O) groups is 1. The van der Waals surface area contributed by atoms with Gasteiger partial charge in [-0.3, -0.25) is 4.79 Å². The minimum atomic E-state index is -0.882. The molecule has 0 N–H and O–H groups in total. The van der Waals surface area contributed by atoms with Crippen LogP contribution in [0.1, 0.15) is 55.9 Å². The Hall–Kier alpha value is -0.240. The van der Waals surface area contributed by atoms with Crippen LogP contribution in [0.3, 0.4) is 0 Å². The van der Waals surface area contributed by atoms with E-state index in [4.69, 9.17) is 16.3 Å². The monoisotopic (exact) mass is 224 g/mol. The first kappa shape index (κ1) is 19.4. The minimum absolute atomic E-state index is 0. The van der Waals surface area contributed by atoms with E-state index in [2.05, 4.69) is 0 Å². The molecule has 0 rings (SSSR count). The van der Waals surface area contributed by atoms with Gasteiger partial charge in [-0.25, -0.2) is 0 Å². The van der Waals surface area contributed by atoms with E-state index in [0.29, 0.717) is 6.42 Å². The summed E-state index contributed by atoms with van der Waals surface area (Å²) in [7, 11) is 0. The summed E-state index contributed by atoms with van der Waals surface area (Å²) in [6.45, 7) is 9.01. The van der Waals surface area contributed by atoms with Gasteiger partial charge in [-0.1, -0.05) is 21.8 Å². The lowest BCUT2D eigenvalue weighted by atomic mass is 10.1. The molecule has 0 spiro atoms. The maximum Gasteiger partial charge on any atom is 0.327 e. The Kier molecular flexibility index (Phi) is 8.68. The predicted octanol–water partition coefficient (Wildman–Crippen LogP) is 4.01. The second-order valence-corrected chi connectivity index (χ2v) is 4.89. The Balaban J connectivity index is -0.000000605. The van der Waals surface area contributed by atoms with E-state index >= 15 is 0 Å². The van der Waals surface area contributed by atoms with E-state index in [9.17, 15) is 4.79 Å². The van der Waals surface area contributed by atoms with Crippen LogP contribution in [0, 0.1) is 0 Å². The van der Waals surface area contributed by atoms with Crippen LogP contribution < -0.4 is 0 Å². The summed E-state index contributed by atoms with van der Waals surface area (Å²) in [6.07, 6.45) is 0.573. The molecule has 2 nitrogen and oxygen atoms in total. The minimum Gasteiger partial charge on any atom is -0.459 e. The molecule has 88 valence electrons. The topological polar surface area (TPSA) is 26.3 Å². The quantitative estimate of drug-likeness (QED) is 0.523. The molecule has 1 unspecified atom stereocenters. The highest BCUT2D eigenvalue weighted by Gasteiger charge is 2.33. The van der Waals surface area contributed by atoms with Crippen molar-refractivity contribution in [2.24, 2.45) is 0 Å². The molecule has 0 aliphatic heterocycles. The van der Waals surface area contributed by atoms with Gasteiger partial charge in [0.15, 0.2) is 0 Å². The summed E-state index contributed by atoms with van der Waals surface area (Å²) in [5, 5.41) is 0. The van der Waals surface area contributed by atoms with Gasteiger partial charge in [-0.05, 0) is 34.1 Å². The normalized spacial score (nSPS) is 14.4. The van der Waals surface area contributed by atoms with Crippen LogP contribution in [-0.2, 0) is 9.53 Å². The first-order valence-corrected chi connectivity index (χ1v) is 4.49. The Bertz CT molecular complexity index is 169. The van der Waals surface area contributed by atoms with Crippen molar-refractivity contribution in [1.29, 1.82) is 0 Å². The molecule has 0 aromatic carbocycles. The van der Waals surface area contributed by atoms with Crippen LogP contribution in [0.5, 0.6) is 0 Å². The molecule has 0 heterocycles. The average molecular weight is 225 g/mol. The molecule has 14 heavy (non-hydrogen) atoms. The highest BCUT2D eigenvalue weighted by Crippen LogP contribution is 2.23. The fourth-order valence-electron chi connectivity index (χ4n) is 0.529. The van der Waals surface area contributed by atoms with Gasteiger partial charge in [0.1, 0.15) is 10.5 Å². The van der Waals surface area contributed by atoms with Crippen molar-refractivity contribution in [3.8, 4) is 0 Å². The summed E-state index contributed by atoms with van der Waals surface area (Å²) in [6, 6.07) is 0. The highest BCUT2D eigenvalue weighted by molar-refractivity contribution is 6.33. The number of hydrogen-bond donors (Lipinski definition) is 0. The molecule has 0 saturated heterocycles. The highest BCUT2D eigenvalue weighted by atomic mass is 35.5. The average Bonchev–Trinajstić information content (AvgIpc) is 1.84. The van der Waals surface area contributed by atoms with E-state index in [-0.39, 0.29) is 20.8 Å². The lowest BCUT2D eigenvalue weighted by Gasteiger charge is -2.25. The molecule has 0 aliphatic rings. The van der Waals surface area contributed by atoms with E-state index in [0.717, 1.165) is 0 Å². The molecule has 3 heteroatoms. The summed E-state index contributed by atoms with van der Waals surface area (Å²) in [5.74, 6) is -0.348. The fraction of sp³-hybridized carbons (Fsp3) is 0.909. The van der Waals surface area contributed by atoms with Crippen molar-refractivity contribution in [1.82, 2.24) is 0 Å². The van der Waals surface area contributed by atoms with E-state index < -0.39 is 10.5 Å².